The minimum Gasteiger partial charge on any atom is -0.345 e. The number of nitriles is 1. The molecular weight excluding hydrogens is 347 g/mol. The minimum absolute atomic E-state index is 0.0228. The molecule has 1 amide bonds. The first-order valence-corrected chi connectivity index (χ1v) is 8.94. The maximum absolute atomic E-state index is 13.3. The number of amides is 1. The highest BCUT2D eigenvalue weighted by Crippen LogP contribution is 2.17. The van der Waals surface area contributed by atoms with Gasteiger partial charge in [-0.25, -0.2) is 17.5 Å². The number of anilines is 1. The van der Waals surface area contributed by atoms with Crippen LogP contribution >= 0.6 is 0 Å². The molecule has 0 atom stereocenters. The maximum Gasteiger partial charge on any atom is 0.272 e. The average Bonchev–Trinajstić information content (AvgIpc) is 2.97. The monoisotopic (exact) mass is 364 g/mol. The molecule has 0 fully saturated rings. The number of nitrogens with one attached hydrogen (secondary N) is 2. The highest BCUT2D eigenvalue weighted by atomic mass is 32.2. The van der Waals surface area contributed by atoms with Crippen LogP contribution in [0.3, 0.4) is 0 Å². The highest BCUT2D eigenvalue weighted by molar-refractivity contribution is 7.89. The fourth-order valence-electron chi connectivity index (χ4n) is 2.11. The number of sulfonamides is 1. The summed E-state index contributed by atoms with van der Waals surface area (Å²) in [6, 6.07) is 6.53. The Kier molecular flexibility index (Phi) is 5.56. The van der Waals surface area contributed by atoms with E-state index in [9.17, 15) is 17.6 Å². The van der Waals surface area contributed by atoms with Gasteiger partial charge in [-0.15, -0.1) is 0 Å². The molecule has 0 aliphatic rings. The number of benzene rings is 1. The van der Waals surface area contributed by atoms with E-state index in [1.54, 1.807) is 13.1 Å². The lowest BCUT2D eigenvalue weighted by molar-refractivity contribution is 0.101. The molecule has 7 nitrogen and oxygen atoms in total. The zero-order chi connectivity index (χ0) is 18.6. The molecule has 0 spiro atoms. The van der Waals surface area contributed by atoms with Crippen molar-refractivity contribution in [3.05, 3.63) is 47.5 Å². The van der Waals surface area contributed by atoms with Crippen LogP contribution in [0.1, 0.15) is 29.4 Å². The van der Waals surface area contributed by atoms with Crippen molar-refractivity contribution in [1.29, 1.82) is 5.26 Å². The van der Waals surface area contributed by atoms with Gasteiger partial charge in [0.2, 0.25) is 10.0 Å². The number of hydrogen-bond acceptors (Lipinski definition) is 4. The summed E-state index contributed by atoms with van der Waals surface area (Å²) in [6.45, 7) is 2.13. The first kappa shape index (κ1) is 18.6. The van der Waals surface area contributed by atoms with Gasteiger partial charge in [-0.2, -0.15) is 5.26 Å². The Morgan fingerprint density at radius 3 is 2.72 bits per heavy atom. The van der Waals surface area contributed by atoms with Gasteiger partial charge in [-0.05, 0) is 30.7 Å². The summed E-state index contributed by atoms with van der Waals surface area (Å²) in [4.78, 5) is 12.3. The van der Waals surface area contributed by atoms with Crippen LogP contribution in [-0.4, -0.2) is 25.4 Å². The number of rotatable bonds is 6. The zero-order valence-electron chi connectivity index (χ0n) is 13.7. The van der Waals surface area contributed by atoms with E-state index in [4.69, 9.17) is 5.26 Å². The van der Waals surface area contributed by atoms with Crippen LogP contribution in [0.15, 0.2) is 35.4 Å². The molecule has 0 bridgehead atoms. The van der Waals surface area contributed by atoms with Crippen molar-refractivity contribution < 1.29 is 17.6 Å². The van der Waals surface area contributed by atoms with Crippen molar-refractivity contribution in [2.75, 3.05) is 11.9 Å². The van der Waals surface area contributed by atoms with Gasteiger partial charge >= 0.3 is 0 Å². The van der Waals surface area contributed by atoms with Gasteiger partial charge in [0.1, 0.15) is 22.5 Å². The molecule has 0 radical (unpaired) electrons. The third-order valence-electron chi connectivity index (χ3n) is 3.41. The summed E-state index contributed by atoms with van der Waals surface area (Å²) in [7, 11) is -2.15. The van der Waals surface area contributed by atoms with Crippen LogP contribution in [0.25, 0.3) is 0 Å². The van der Waals surface area contributed by atoms with E-state index in [1.165, 1.54) is 29.0 Å². The van der Waals surface area contributed by atoms with Gasteiger partial charge in [0.05, 0.1) is 5.56 Å². The van der Waals surface area contributed by atoms with Crippen molar-refractivity contribution in [3.8, 4) is 6.07 Å². The quantitative estimate of drug-likeness (QED) is 0.818. The number of hydrogen-bond donors (Lipinski definition) is 2. The fraction of sp³-hybridized carbons (Fsp3) is 0.250. The summed E-state index contributed by atoms with van der Waals surface area (Å²) in [6.07, 6.45) is 1.98. The third-order valence-corrected chi connectivity index (χ3v) is 4.84. The van der Waals surface area contributed by atoms with Crippen LogP contribution in [0, 0.1) is 17.1 Å². The van der Waals surface area contributed by atoms with Crippen molar-refractivity contribution in [2.45, 2.75) is 18.2 Å². The van der Waals surface area contributed by atoms with E-state index < -0.39 is 21.7 Å². The summed E-state index contributed by atoms with van der Waals surface area (Å²) < 4.78 is 41.4. The Morgan fingerprint density at radius 2 is 2.08 bits per heavy atom. The largest absolute Gasteiger partial charge is 0.345 e. The molecule has 132 valence electrons. The van der Waals surface area contributed by atoms with Crippen molar-refractivity contribution in [3.63, 3.8) is 0 Å². The summed E-state index contributed by atoms with van der Waals surface area (Å²) in [5.41, 5.74) is 0.147. The van der Waals surface area contributed by atoms with Gasteiger partial charge in [0, 0.05) is 25.5 Å². The molecule has 1 aromatic heterocycles. The average molecular weight is 364 g/mol. The lowest BCUT2D eigenvalue weighted by atomic mass is 10.2. The Balaban J connectivity index is 2.25. The van der Waals surface area contributed by atoms with Crippen molar-refractivity contribution >= 4 is 21.6 Å². The van der Waals surface area contributed by atoms with Gasteiger partial charge in [0.15, 0.2) is 0 Å². The zero-order valence-corrected chi connectivity index (χ0v) is 14.5. The number of aromatic nitrogens is 1. The minimum atomic E-state index is -3.69. The molecule has 25 heavy (non-hydrogen) atoms. The second kappa shape index (κ2) is 7.46. The van der Waals surface area contributed by atoms with E-state index in [0.29, 0.717) is 13.0 Å². The molecule has 0 aliphatic heterocycles. The Morgan fingerprint density at radius 1 is 1.36 bits per heavy atom. The lowest BCUT2D eigenvalue weighted by Crippen LogP contribution is -2.24. The maximum atomic E-state index is 13.3. The van der Waals surface area contributed by atoms with E-state index >= 15 is 0 Å². The highest BCUT2D eigenvalue weighted by Gasteiger charge is 2.20. The predicted octanol–water partition coefficient (Wildman–Crippen LogP) is 1.98. The van der Waals surface area contributed by atoms with E-state index in [1.807, 2.05) is 6.92 Å². The second-order valence-electron chi connectivity index (χ2n) is 5.33. The van der Waals surface area contributed by atoms with Crippen molar-refractivity contribution in [1.82, 2.24) is 9.29 Å². The molecule has 1 heterocycles. The summed E-state index contributed by atoms with van der Waals surface area (Å²) >= 11 is 0. The summed E-state index contributed by atoms with van der Waals surface area (Å²) in [5.74, 6) is -1.26. The predicted molar refractivity (Wildman–Crippen MR) is 90.0 cm³/mol. The molecule has 0 saturated carbocycles. The Labute approximate surface area is 145 Å². The number of carbonyl (C=O) groups excluding carboxylic acids is 1. The molecule has 0 saturated heterocycles. The third kappa shape index (κ3) is 4.23. The molecule has 0 aliphatic carbocycles. The normalized spacial score (nSPS) is 11.1. The Bertz CT molecular complexity index is 945. The van der Waals surface area contributed by atoms with Gasteiger partial charge in [-0.3, -0.25) is 4.79 Å². The molecule has 2 rings (SSSR count). The van der Waals surface area contributed by atoms with Crippen LogP contribution < -0.4 is 10.0 Å². The molecule has 0 unspecified atom stereocenters. The topological polar surface area (TPSA) is 104 Å². The number of halogens is 1. The molecule has 1 aromatic carbocycles. The second-order valence-corrected chi connectivity index (χ2v) is 7.10. The number of carbonyl (C=O) groups is 1. The number of aryl methyl sites for hydroxylation is 1. The van der Waals surface area contributed by atoms with Crippen molar-refractivity contribution in [2.24, 2.45) is 7.05 Å². The van der Waals surface area contributed by atoms with E-state index in [-0.39, 0.29) is 21.8 Å². The first-order chi connectivity index (χ1) is 11.8. The Hall–Kier alpha value is -2.70. The van der Waals surface area contributed by atoms with Crippen LogP contribution in [-0.2, 0) is 17.1 Å². The lowest BCUT2D eigenvalue weighted by Gasteiger charge is -2.06. The first-order valence-electron chi connectivity index (χ1n) is 7.45. The fourth-order valence-corrected chi connectivity index (χ4v) is 3.31. The van der Waals surface area contributed by atoms with Crippen LogP contribution in [0.5, 0.6) is 0 Å². The van der Waals surface area contributed by atoms with Gasteiger partial charge in [-0.1, -0.05) is 6.92 Å². The summed E-state index contributed by atoms with van der Waals surface area (Å²) in [5, 5.41) is 11.3. The van der Waals surface area contributed by atoms with E-state index in [0.717, 1.165) is 6.07 Å². The van der Waals surface area contributed by atoms with Gasteiger partial charge in [0.25, 0.3) is 5.91 Å². The molecule has 2 aromatic rings. The molecular formula is C16H17FN4O3S. The van der Waals surface area contributed by atoms with Crippen LogP contribution in [0.4, 0.5) is 10.1 Å². The molecule has 9 heteroatoms. The number of nitrogens with zero attached hydrogens (tertiary/aromatic N) is 2. The van der Waals surface area contributed by atoms with Crippen LogP contribution in [0.2, 0.25) is 0 Å². The molecule has 2 N–H and O–H groups in total. The van der Waals surface area contributed by atoms with Gasteiger partial charge < -0.3 is 9.88 Å². The smallest absolute Gasteiger partial charge is 0.272 e. The standard InChI is InChI=1S/C16H17FN4O3S/c1-3-6-19-25(23,24)13-8-15(21(2)10-13)16(22)20-12-4-5-14(17)11(7-12)9-18/h4-5,7-8,10,19H,3,6H2,1-2H3,(H,20,22). The SMILES string of the molecule is CCCNS(=O)(=O)c1cc(C(=O)Nc2ccc(F)c(C#N)c2)n(C)c1. The van der Waals surface area contributed by atoms with E-state index in [2.05, 4.69) is 10.0 Å².